The van der Waals surface area contributed by atoms with Crippen molar-refractivity contribution in [3.8, 4) is 0 Å². The molecule has 0 fully saturated rings. The highest BCUT2D eigenvalue weighted by Gasteiger charge is 2.38. The van der Waals surface area contributed by atoms with Crippen molar-refractivity contribution in [2.75, 3.05) is 29.0 Å². The molecular weight excluding hydrogens is 440 g/mol. The van der Waals surface area contributed by atoms with Gasteiger partial charge in [-0.05, 0) is 39.0 Å². The number of imide groups is 1. The van der Waals surface area contributed by atoms with Crippen molar-refractivity contribution in [1.82, 2.24) is 4.90 Å². The summed E-state index contributed by atoms with van der Waals surface area (Å²) in [5.41, 5.74) is -0.283. The van der Waals surface area contributed by atoms with Gasteiger partial charge in [0.2, 0.25) is 10.0 Å². The van der Waals surface area contributed by atoms with Crippen LogP contribution in [0.1, 0.15) is 41.5 Å². The molecule has 1 aliphatic rings. The maximum Gasteiger partial charge on any atom is 0.326 e. The van der Waals surface area contributed by atoms with Crippen molar-refractivity contribution < 1.29 is 27.5 Å². The Morgan fingerprint density at radius 3 is 2.30 bits per heavy atom. The lowest BCUT2D eigenvalue weighted by molar-refractivity contribution is -0.155. The number of rotatable bonds is 6. The highest BCUT2D eigenvalue weighted by molar-refractivity contribution is 9.09. The Labute approximate surface area is 166 Å². The number of sulfonamides is 1. The van der Waals surface area contributed by atoms with E-state index >= 15 is 0 Å². The van der Waals surface area contributed by atoms with Crippen LogP contribution in [-0.4, -0.2) is 61.4 Å². The molecular formula is C17H21BrN2O6S. The number of ether oxygens (including phenoxy) is 1. The molecule has 0 saturated heterocycles. The maximum absolute atomic E-state index is 12.6. The van der Waals surface area contributed by atoms with Crippen LogP contribution in [0.25, 0.3) is 0 Å². The number of benzene rings is 1. The predicted molar refractivity (Wildman–Crippen MR) is 104 cm³/mol. The van der Waals surface area contributed by atoms with Gasteiger partial charge in [-0.2, -0.15) is 0 Å². The first-order chi connectivity index (χ1) is 12.3. The molecule has 0 saturated carbocycles. The van der Waals surface area contributed by atoms with Crippen LogP contribution >= 0.6 is 15.9 Å². The Kier molecular flexibility index (Phi) is 6.00. The Bertz CT molecular complexity index is 891. The van der Waals surface area contributed by atoms with E-state index < -0.39 is 40.0 Å². The van der Waals surface area contributed by atoms with Crippen LogP contribution in [0.4, 0.5) is 5.69 Å². The van der Waals surface area contributed by atoms with Gasteiger partial charge in [0.15, 0.2) is 0 Å². The van der Waals surface area contributed by atoms with E-state index in [4.69, 9.17) is 4.74 Å². The standard InChI is InChI=1S/C17H21BrN2O6S/c1-17(2,3)26-14(21)10-19-15(22)12-6-5-11(9-13(12)16(19)23)20(8-7-18)27(4,24)25/h5-6,9H,7-8,10H2,1-4H3. The second-order valence-electron chi connectivity index (χ2n) is 7.04. The molecule has 148 valence electrons. The molecule has 1 aliphatic heterocycles. The minimum Gasteiger partial charge on any atom is -0.459 e. The normalized spacial score (nSPS) is 14.3. The lowest BCUT2D eigenvalue weighted by Gasteiger charge is -2.21. The minimum absolute atomic E-state index is 0.0595. The van der Waals surface area contributed by atoms with Gasteiger partial charge in [-0.1, -0.05) is 15.9 Å². The van der Waals surface area contributed by atoms with Gasteiger partial charge in [-0.3, -0.25) is 23.6 Å². The topological polar surface area (TPSA) is 101 Å². The smallest absolute Gasteiger partial charge is 0.326 e. The van der Waals surface area contributed by atoms with E-state index in [-0.39, 0.29) is 23.4 Å². The van der Waals surface area contributed by atoms with E-state index in [1.54, 1.807) is 20.8 Å². The molecule has 1 aromatic rings. The summed E-state index contributed by atoms with van der Waals surface area (Å²) >= 11 is 3.20. The highest BCUT2D eigenvalue weighted by atomic mass is 79.9. The number of carbonyl (C=O) groups excluding carboxylic acids is 3. The van der Waals surface area contributed by atoms with Crippen molar-refractivity contribution >= 4 is 49.4 Å². The molecule has 0 aromatic heterocycles. The Morgan fingerprint density at radius 1 is 1.19 bits per heavy atom. The quantitative estimate of drug-likeness (QED) is 0.364. The second-order valence-corrected chi connectivity index (χ2v) is 9.74. The van der Waals surface area contributed by atoms with Gasteiger partial charge in [0.25, 0.3) is 11.8 Å². The summed E-state index contributed by atoms with van der Waals surface area (Å²) in [4.78, 5) is 37.9. The van der Waals surface area contributed by atoms with Gasteiger partial charge in [-0.25, -0.2) is 8.42 Å². The van der Waals surface area contributed by atoms with Crippen LogP contribution in [0.2, 0.25) is 0 Å². The number of nitrogens with zero attached hydrogens (tertiary/aromatic N) is 2. The third kappa shape index (κ3) is 4.86. The van der Waals surface area contributed by atoms with Crippen molar-refractivity contribution in [3.63, 3.8) is 0 Å². The van der Waals surface area contributed by atoms with E-state index in [0.29, 0.717) is 5.33 Å². The fraction of sp³-hybridized carbons (Fsp3) is 0.471. The van der Waals surface area contributed by atoms with Crippen molar-refractivity contribution in [1.29, 1.82) is 0 Å². The molecule has 2 amide bonds. The number of fused-ring (bicyclic) bond motifs is 1. The third-order valence-corrected chi connectivity index (χ3v) is 5.19. The molecule has 0 aliphatic carbocycles. The Morgan fingerprint density at radius 2 is 1.78 bits per heavy atom. The lowest BCUT2D eigenvalue weighted by Crippen LogP contribution is -2.38. The molecule has 0 unspecified atom stereocenters. The third-order valence-electron chi connectivity index (χ3n) is 3.64. The summed E-state index contributed by atoms with van der Waals surface area (Å²) < 4.78 is 30.3. The SMILES string of the molecule is CC(C)(C)OC(=O)CN1C(=O)c2ccc(N(CCBr)S(C)(=O)=O)cc2C1=O. The average molecular weight is 461 g/mol. The number of amides is 2. The van der Waals surface area contributed by atoms with E-state index in [1.807, 2.05) is 0 Å². The maximum atomic E-state index is 12.6. The van der Waals surface area contributed by atoms with Gasteiger partial charge in [0.1, 0.15) is 12.1 Å². The number of hydrogen-bond donors (Lipinski definition) is 0. The zero-order valence-corrected chi connectivity index (χ0v) is 17.9. The average Bonchev–Trinajstić information content (AvgIpc) is 2.74. The summed E-state index contributed by atoms with van der Waals surface area (Å²) in [6.45, 7) is 4.72. The number of halogens is 1. The molecule has 1 heterocycles. The number of alkyl halides is 1. The summed E-state index contributed by atoms with van der Waals surface area (Å²) in [7, 11) is -3.56. The summed E-state index contributed by atoms with van der Waals surface area (Å²) in [5, 5.41) is 0.398. The van der Waals surface area contributed by atoms with E-state index in [1.165, 1.54) is 18.2 Å². The molecule has 27 heavy (non-hydrogen) atoms. The molecule has 0 spiro atoms. The molecule has 1 aromatic carbocycles. The van der Waals surface area contributed by atoms with Gasteiger partial charge in [0.05, 0.1) is 23.1 Å². The molecule has 0 radical (unpaired) electrons. The fourth-order valence-electron chi connectivity index (χ4n) is 2.64. The van der Waals surface area contributed by atoms with Crippen LogP contribution in [0.15, 0.2) is 18.2 Å². The highest BCUT2D eigenvalue weighted by Crippen LogP contribution is 2.28. The molecule has 10 heteroatoms. The van der Waals surface area contributed by atoms with E-state index in [0.717, 1.165) is 15.5 Å². The van der Waals surface area contributed by atoms with Crippen LogP contribution < -0.4 is 4.31 Å². The predicted octanol–water partition coefficient (Wildman–Crippen LogP) is 1.79. The number of anilines is 1. The lowest BCUT2D eigenvalue weighted by atomic mass is 10.1. The summed E-state index contributed by atoms with van der Waals surface area (Å²) in [6.07, 6.45) is 1.06. The zero-order valence-electron chi connectivity index (χ0n) is 15.5. The summed E-state index contributed by atoms with van der Waals surface area (Å²) in [5.74, 6) is -1.97. The number of carbonyl (C=O) groups is 3. The van der Waals surface area contributed by atoms with E-state index in [9.17, 15) is 22.8 Å². The molecule has 8 nitrogen and oxygen atoms in total. The first kappa shape index (κ1) is 21.4. The molecule has 2 rings (SSSR count). The Hall–Kier alpha value is -1.94. The molecule has 0 N–H and O–H groups in total. The van der Waals surface area contributed by atoms with Gasteiger partial charge < -0.3 is 4.74 Å². The number of hydrogen-bond acceptors (Lipinski definition) is 6. The monoisotopic (exact) mass is 460 g/mol. The van der Waals surface area contributed by atoms with Gasteiger partial charge >= 0.3 is 5.97 Å². The van der Waals surface area contributed by atoms with Crippen LogP contribution in [0.5, 0.6) is 0 Å². The van der Waals surface area contributed by atoms with Gasteiger partial charge in [0, 0.05) is 11.9 Å². The van der Waals surface area contributed by atoms with Crippen LogP contribution in [0.3, 0.4) is 0 Å². The minimum atomic E-state index is -3.56. The van der Waals surface area contributed by atoms with Crippen LogP contribution in [-0.2, 0) is 19.6 Å². The number of esters is 1. The summed E-state index contributed by atoms with van der Waals surface area (Å²) in [6, 6.07) is 4.21. The second kappa shape index (κ2) is 7.59. The van der Waals surface area contributed by atoms with Crippen molar-refractivity contribution in [2.24, 2.45) is 0 Å². The van der Waals surface area contributed by atoms with Crippen LogP contribution in [0, 0.1) is 0 Å². The van der Waals surface area contributed by atoms with Crippen molar-refractivity contribution in [2.45, 2.75) is 26.4 Å². The van der Waals surface area contributed by atoms with Crippen molar-refractivity contribution in [3.05, 3.63) is 29.3 Å². The fourth-order valence-corrected chi connectivity index (χ4v) is 4.15. The molecule has 0 atom stereocenters. The first-order valence-electron chi connectivity index (χ1n) is 8.11. The van der Waals surface area contributed by atoms with E-state index in [2.05, 4.69) is 15.9 Å². The first-order valence-corrected chi connectivity index (χ1v) is 11.1. The largest absolute Gasteiger partial charge is 0.459 e. The van der Waals surface area contributed by atoms with Gasteiger partial charge in [-0.15, -0.1) is 0 Å². The Balaban J connectivity index is 2.32. The zero-order chi connectivity index (χ0) is 20.6. The molecule has 0 bridgehead atoms.